The number of nitrogens with one attached hydrogen (secondary N) is 1. The standard InChI is InChI=1S/C26H28N2O2S/c1-17-9-7-13-22(18(17)2)28-25(30)24-21-12-5-3-4-6-14-23(21)31-26(24)27-16-19-10-8-11-20(29)15-19/h7-11,13,15-16,29H,3-6,12,14H2,1-2H3,(H,28,30). The molecule has 4 rings (SSSR count). The van der Waals surface area contributed by atoms with E-state index in [0.29, 0.717) is 5.56 Å². The summed E-state index contributed by atoms with van der Waals surface area (Å²) >= 11 is 1.63. The van der Waals surface area contributed by atoms with Crippen molar-refractivity contribution in [3.63, 3.8) is 0 Å². The topological polar surface area (TPSA) is 61.7 Å². The first-order valence-corrected chi connectivity index (χ1v) is 11.7. The fourth-order valence-electron chi connectivity index (χ4n) is 4.04. The van der Waals surface area contributed by atoms with E-state index in [2.05, 4.69) is 18.3 Å². The summed E-state index contributed by atoms with van der Waals surface area (Å²) < 4.78 is 0. The Labute approximate surface area is 187 Å². The molecule has 4 nitrogen and oxygen atoms in total. The lowest BCUT2D eigenvalue weighted by Gasteiger charge is -2.13. The second-order valence-electron chi connectivity index (χ2n) is 8.15. The number of aromatic hydroxyl groups is 1. The molecule has 0 aliphatic heterocycles. The molecule has 5 heteroatoms. The van der Waals surface area contributed by atoms with E-state index in [1.165, 1.54) is 17.7 Å². The molecule has 1 aromatic heterocycles. The Balaban J connectivity index is 1.73. The zero-order valence-electron chi connectivity index (χ0n) is 18.1. The number of aliphatic imine (C=N–C) groups is 1. The molecule has 0 unspecified atom stereocenters. The minimum Gasteiger partial charge on any atom is -0.508 e. The maximum absolute atomic E-state index is 13.5. The van der Waals surface area contributed by atoms with E-state index in [-0.39, 0.29) is 11.7 Å². The van der Waals surface area contributed by atoms with Crippen LogP contribution in [0.5, 0.6) is 5.75 Å². The van der Waals surface area contributed by atoms with Crippen LogP contribution in [0.4, 0.5) is 10.7 Å². The number of benzene rings is 2. The third-order valence-electron chi connectivity index (χ3n) is 5.93. The van der Waals surface area contributed by atoms with Crippen LogP contribution in [0.2, 0.25) is 0 Å². The number of fused-ring (bicyclic) bond motifs is 1. The Morgan fingerprint density at radius 3 is 2.65 bits per heavy atom. The van der Waals surface area contributed by atoms with E-state index in [0.717, 1.165) is 58.6 Å². The van der Waals surface area contributed by atoms with Gasteiger partial charge in [-0.25, -0.2) is 4.99 Å². The summed E-state index contributed by atoms with van der Waals surface area (Å²) in [4.78, 5) is 19.5. The SMILES string of the molecule is Cc1cccc(NC(=O)c2c(N=Cc3cccc(O)c3)sc3c2CCCCCC3)c1C. The number of anilines is 1. The lowest BCUT2D eigenvalue weighted by Crippen LogP contribution is -2.15. The van der Waals surface area contributed by atoms with Crippen LogP contribution >= 0.6 is 11.3 Å². The number of aryl methyl sites for hydroxylation is 2. The number of rotatable bonds is 4. The molecule has 1 aliphatic carbocycles. The molecule has 0 bridgehead atoms. The molecular formula is C26H28N2O2S. The third kappa shape index (κ3) is 4.88. The fourth-order valence-corrected chi connectivity index (χ4v) is 5.27. The van der Waals surface area contributed by atoms with E-state index in [4.69, 9.17) is 4.99 Å². The van der Waals surface area contributed by atoms with Gasteiger partial charge in [-0.05, 0) is 80.0 Å². The number of hydrogen-bond donors (Lipinski definition) is 2. The molecule has 1 aliphatic rings. The van der Waals surface area contributed by atoms with E-state index in [1.54, 1.807) is 35.8 Å². The van der Waals surface area contributed by atoms with Gasteiger partial charge in [0.25, 0.3) is 5.91 Å². The average molecular weight is 433 g/mol. The van der Waals surface area contributed by atoms with Gasteiger partial charge in [0.05, 0.1) is 5.56 Å². The number of hydrogen-bond acceptors (Lipinski definition) is 4. The lowest BCUT2D eigenvalue weighted by atomic mass is 9.96. The summed E-state index contributed by atoms with van der Waals surface area (Å²) in [6, 6.07) is 13.0. The Morgan fingerprint density at radius 2 is 1.84 bits per heavy atom. The summed E-state index contributed by atoms with van der Waals surface area (Å²) in [5, 5.41) is 13.6. The molecule has 3 aromatic rings. The Hall–Kier alpha value is -2.92. The van der Waals surface area contributed by atoms with E-state index in [1.807, 2.05) is 25.1 Å². The van der Waals surface area contributed by atoms with E-state index >= 15 is 0 Å². The summed E-state index contributed by atoms with van der Waals surface area (Å²) in [6.07, 6.45) is 8.35. The summed E-state index contributed by atoms with van der Waals surface area (Å²) in [5.74, 6) is 0.116. The number of carbonyl (C=O) groups excluding carboxylic acids is 1. The number of phenols is 1. The minimum absolute atomic E-state index is 0.0881. The highest BCUT2D eigenvalue weighted by Gasteiger charge is 2.24. The highest BCUT2D eigenvalue weighted by Crippen LogP contribution is 2.39. The molecule has 0 spiro atoms. The number of phenolic OH excluding ortho intramolecular Hbond substituents is 1. The van der Waals surface area contributed by atoms with Crippen molar-refractivity contribution < 1.29 is 9.90 Å². The lowest BCUT2D eigenvalue weighted by molar-refractivity contribution is 0.102. The maximum Gasteiger partial charge on any atom is 0.259 e. The van der Waals surface area contributed by atoms with Crippen LogP contribution < -0.4 is 5.32 Å². The molecule has 0 fully saturated rings. The fraction of sp³-hybridized carbons (Fsp3) is 0.308. The Bertz CT molecular complexity index is 1130. The first-order valence-electron chi connectivity index (χ1n) is 10.9. The maximum atomic E-state index is 13.5. The molecule has 31 heavy (non-hydrogen) atoms. The van der Waals surface area contributed by atoms with Gasteiger partial charge in [-0.2, -0.15) is 0 Å². The smallest absolute Gasteiger partial charge is 0.259 e. The van der Waals surface area contributed by atoms with Crippen molar-refractivity contribution in [2.75, 3.05) is 5.32 Å². The summed E-state index contributed by atoms with van der Waals surface area (Å²) in [6.45, 7) is 4.08. The van der Waals surface area contributed by atoms with Gasteiger partial charge in [-0.1, -0.05) is 37.1 Å². The molecule has 2 aromatic carbocycles. The van der Waals surface area contributed by atoms with Crippen molar-refractivity contribution in [2.24, 2.45) is 4.99 Å². The molecule has 1 amide bonds. The molecule has 160 valence electrons. The van der Waals surface area contributed by atoms with Crippen LogP contribution in [0.1, 0.15) is 63.2 Å². The highest BCUT2D eigenvalue weighted by atomic mass is 32.1. The van der Waals surface area contributed by atoms with E-state index in [9.17, 15) is 9.90 Å². The van der Waals surface area contributed by atoms with Crippen LogP contribution in [-0.2, 0) is 12.8 Å². The summed E-state index contributed by atoms with van der Waals surface area (Å²) in [7, 11) is 0. The minimum atomic E-state index is -0.0881. The third-order valence-corrected chi connectivity index (χ3v) is 7.13. The zero-order chi connectivity index (χ0) is 21.8. The highest BCUT2D eigenvalue weighted by molar-refractivity contribution is 7.16. The number of nitrogens with zero attached hydrogens (tertiary/aromatic N) is 1. The van der Waals surface area contributed by atoms with Crippen molar-refractivity contribution in [2.45, 2.75) is 52.4 Å². The molecule has 0 saturated heterocycles. The van der Waals surface area contributed by atoms with E-state index < -0.39 is 0 Å². The van der Waals surface area contributed by atoms with Crippen molar-refractivity contribution >= 4 is 34.1 Å². The second-order valence-corrected chi connectivity index (χ2v) is 9.24. The number of thiophene rings is 1. The van der Waals surface area contributed by atoms with Crippen LogP contribution in [0.15, 0.2) is 47.5 Å². The van der Waals surface area contributed by atoms with Gasteiger partial charge in [0.15, 0.2) is 0 Å². The monoisotopic (exact) mass is 432 g/mol. The van der Waals surface area contributed by atoms with Gasteiger partial charge in [0.2, 0.25) is 0 Å². The molecule has 0 radical (unpaired) electrons. The Kier molecular flexibility index (Phi) is 6.52. The Morgan fingerprint density at radius 1 is 1.06 bits per heavy atom. The van der Waals surface area contributed by atoms with Gasteiger partial charge < -0.3 is 10.4 Å². The van der Waals surface area contributed by atoms with Gasteiger partial charge in [0.1, 0.15) is 10.8 Å². The van der Waals surface area contributed by atoms with Crippen molar-refractivity contribution in [1.29, 1.82) is 0 Å². The first kappa shape index (κ1) is 21.3. The molecular weight excluding hydrogens is 404 g/mol. The molecule has 1 heterocycles. The largest absolute Gasteiger partial charge is 0.508 e. The van der Waals surface area contributed by atoms with Gasteiger partial charge >= 0.3 is 0 Å². The van der Waals surface area contributed by atoms with Crippen molar-refractivity contribution in [3.8, 4) is 5.75 Å². The normalized spacial score (nSPS) is 14.1. The molecule has 2 N–H and O–H groups in total. The molecule has 0 atom stereocenters. The van der Waals surface area contributed by atoms with Crippen LogP contribution in [0, 0.1) is 13.8 Å². The van der Waals surface area contributed by atoms with Gasteiger partial charge in [-0.3, -0.25) is 4.79 Å². The number of carbonyl (C=O) groups is 1. The van der Waals surface area contributed by atoms with Crippen molar-refractivity contribution in [3.05, 3.63) is 75.2 Å². The van der Waals surface area contributed by atoms with Gasteiger partial charge in [0, 0.05) is 16.8 Å². The zero-order valence-corrected chi connectivity index (χ0v) is 18.9. The van der Waals surface area contributed by atoms with Gasteiger partial charge in [-0.15, -0.1) is 11.3 Å². The van der Waals surface area contributed by atoms with Crippen LogP contribution in [0.3, 0.4) is 0 Å². The summed E-state index contributed by atoms with van der Waals surface area (Å²) in [5.41, 5.74) is 5.76. The molecule has 0 saturated carbocycles. The first-order chi connectivity index (χ1) is 15.0. The van der Waals surface area contributed by atoms with Crippen LogP contribution in [-0.4, -0.2) is 17.2 Å². The number of amides is 1. The average Bonchev–Trinajstić information content (AvgIpc) is 3.06. The second kappa shape index (κ2) is 9.48. The predicted octanol–water partition coefficient (Wildman–Crippen LogP) is 6.73. The van der Waals surface area contributed by atoms with Crippen LogP contribution in [0.25, 0.3) is 0 Å². The quantitative estimate of drug-likeness (QED) is 0.449. The van der Waals surface area contributed by atoms with Crippen molar-refractivity contribution in [1.82, 2.24) is 0 Å². The predicted molar refractivity (Wildman–Crippen MR) is 129 cm³/mol.